The van der Waals surface area contributed by atoms with E-state index in [9.17, 15) is 0 Å². The first-order chi connectivity index (χ1) is 8.76. The topological polar surface area (TPSA) is 105 Å². The van der Waals surface area contributed by atoms with E-state index < -0.39 is 0 Å². The molecule has 1 fully saturated rings. The molecule has 0 aliphatic heterocycles. The number of ether oxygens (including phenoxy) is 1. The zero-order chi connectivity index (χ0) is 12.5. The quantitative estimate of drug-likeness (QED) is 0.798. The molecule has 1 aliphatic carbocycles. The van der Waals surface area contributed by atoms with Gasteiger partial charge in [-0.2, -0.15) is 4.98 Å². The lowest BCUT2D eigenvalue weighted by Crippen LogP contribution is -2.01. The van der Waals surface area contributed by atoms with E-state index in [1.807, 2.05) is 4.68 Å². The Hall–Kier alpha value is -1.90. The van der Waals surface area contributed by atoms with E-state index in [0.29, 0.717) is 22.1 Å². The summed E-state index contributed by atoms with van der Waals surface area (Å²) in [5.74, 6) is 0.595. The summed E-state index contributed by atoms with van der Waals surface area (Å²) in [5.41, 5.74) is 5.60. The van der Waals surface area contributed by atoms with Gasteiger partial charge in [0.05, 0.1) is 13.2 Å². The van der Waals surface area contributed by atoms with Gasteiger partial charge in [-0.05, 0) is 35.0 Å². The number of hydrogen-bond acceptors (Lipinski definition) is 8. The van der Waals surface area contributed by atoms with Crippen molar-refractivity contribution in [1.29, 1.82) is 0 Å². The molecule has 0 aromatic carbocycles. The highest BCUT2D eigenvalue weighted by Crippen LogP contribution is 2.37. The second-order valence-electron chi connectivity index (χ2n) is 3.85. The molecule has 0 atom stereocenters. The Labute approximate surface area is 107 Å². The molecule has 0 saturated heterocycles. The summed E-state index contributed by atoms with van der Waals surface area (Å²) in [7, 11) is 1.53. The van der Waals surface area contributed by atoms with E-state index in [2.05, 4.69) is 25.5 Å². The molecule has 1 aliphatic rings. The van der Waals surface area contributed by atoms with Crippen molar-refractivity contribution in [1.82, 2.24) is 30.2 Å². The minimum Gasteiger partial charge on any atom is -0.481 e. The Morgan fingerprint density at radius 2 is 2.28 bits per heavy atom. The van der Waals surface area contributed by atoms with E-state index in [-0.39, 0.29) is 5.95 Å². The third-order valence-corrected chi connectivity index (χ3v) is 3.33. The molecule has 2 aromatic heterocycles. The number of nitrogens with two attached hydrogens (primary N) is 1. The molecule has 0 bridgehead atoms. The molecule has 2 heterocycles. The van der Waals surface area contributed by atoms with E-state index in [4.69, 9.17) is 10.5 Å². The van der Waals surface area contributed by atoms with Crippen molar-refractivity contribution in [2.45, 2.75) is 29.1 Å². The molecule has 9 heteroatoms. The number of hydrogen-bond donors (Lipinski definition) is 1. The molecule has 94 valence electrons. The van der Waals surface area contributed by atoms with Crippen LogP contribution in [-0.4, -0.2) is 37.3 Å². The SMILES string of the molecule is COc1cc(Sc2nnnn2C2CC2)nc(N)n1. The van der Waals surface area contributed by atoms with Crippen molar-refractivity contribution in [2.75, 3.05) is 12.8 Å². The van der Waals surface area contributed by atoms with Gasteiger partial charge in [-0.1, -0.05) is 0 Å². The van der Waals surface area contributed by atoms with Crippen LogP contribution in [0.2, 0.25) is 0 Å². The van der Waals surface area contributed by atoms with Gasteiger partial charge in [-0.3, -0.25) is 0 Å². The van der Waals surface area contributed by atoms with Gasteiger partial charge >= 0.3 is 0 Å². The van der Waals surface area contributed by atoms with Gasteiger partial charge in [0.2, 0.25) is 17.0 Å². The number of nitrogens with zero attached hydrogens (tertiary/aromatic N) is 6. The Bertz CT molecular complexity index is 568. The standard InChI is InChI=1S/C9H11N7OS/c1-17-6-4-7(12-8(10)11-6)18-9-13-14-15-16(9)5-2-3-5/h4-5H,2-3H2,1H3,(H2,10,11,12). The number of aromatic nitrogens is 6. The van der Waals surface area contributed by atoms with Crippen molar-refractivity contribution < 1.29 is 4.74 Å². The predicted molar refractivity (Wildman–Crippen MR) is 63.2 cm³/mol. The maximum absolute atomic E-state index is 5.60. The van der Waals surface area contributed by atoms with Gasteiger partial charge in [-0.25, -0.2) is 9.67 Å². The Morgan fingerprint density at radius 1 is 1.44 bits per heavy atom. The number of methoxy groups -OCH3 is 1. The van der Waals surface area contributed by atoms with Crippen LogP contribution < -0.4 is 10.5 Å². The van der Waals surface area contributed by atoms with E-state index in [1.165, 1.54) is 18.9 Å². The van der Waals surface area contributed by atoms with Crippen LogP contribution in [0.25, 0.3) is 0 Å². The highest BCUT2D eigenvalue weighted by molar-refractivity contribution is 7.99. The third kappa shape index (κ3) is 2.21. The monoisotopic (exact) mass is 265 g/mol. The minimum atomic E-state index is 0.169. The molecule has 2 N–H and O–H groups in total. The average Bonchev–Trinajstić information content (AvgIpc) is 3.10. The highest BCUT2D eigenvalue weighted by Gasteiger charge is 2.28. The summed E-state index contributed by atoms with van der Waals surface area (Å²) in [4.78, 5) is 8.04. The summed E-state index contributed by atoms with van der Waals surface area (Å²) in [6, 6.07) is 2.12. The van der Waals surface area contributed by atoms with Gasteiger partial charge in [0.25, 0.3) is 0 Å². The Morgan fingerprint density at radius 3 is 3.00 bits per heavy atom. The molecule has 2 aromatic rings. The van der Waals surface area contributed by atoms with E-state index in [1.54, 1.807) is 6.07 Å². The van der Waals surface area contributed by atoms with Crippen LogP contribution in [0, 0.1) is 0 Å². The summed E-state index contributed by atoms with van der Waals surface area (Å²) in [6.07, 6.45) is 2.24. The van der Waals surface area contributed by atoms with Crippen molar-refractivity contribution in [3.8, 4) is 5.88 Å². The largest absolute Gasteiger partial charge is 0.481 e. The lowest BCUT2D eigenvalue weighted by atomic mass is 10.6. The summed E-state index contributed by atoms with van der Waals surface area (Å²) in [5, 5.41) is 13.0. The van der Waals surface area contributed by atoms with Crippen molar-refractivity contribution in [3.05, 3.63) is 6.07 Å². The van der Waals surface area contributed by atoms with Crippen LogP contribution in [0.5, 0.6) is 5.88 Å². The maximum Gasteiger partial charge on any atom is 0.224 e. The minimum absolute atomic E-state index is 0.169. The van der Waals surface area contributed by atoms with E-state index >= 15 is 0 Å². The number of anilines is 1. The predicted octanol–water partition coefficient (Wildman–Crippen LogP) is 0.540. The molecule has 0 unspecified atom stereocenters. The van der Waals surface area contributed by atoms with Crippen LogP contribution in [-0.2, 0) is 0 Å². The van der Waals surface area contributed by atoms with Crippen LogP contribution in [0.15, 0.2) is 16.2 Å². The lowest BCUT2D eigenvalue weighted by molar-refractivity contribution is 0.396. The average molecular weight is 265 g/mol. The molecule has 0 radical (unpaired) electrons. The zero-order valence-corrected chi connectivity index (χ0v) is 10.5. The first kappa shape index (κ1) is 11.2. The number of nitrogen functional groups attached to an aromatic ring is 1. The van der Waals surface area contributed by atoms with Crippen LogP contribution in [0.1, 0.15) is 18.9 Å². The van der Waals surface area contributed by atoms with E-state index in [0.717, 1.165) is 12.8 Å². The number of rotatable bonds is 4. The van der Waals surface area contributed by atoms with Crippen molar-refractivity contribution in [3.63, 3.8) is 0 Å². The van der Waals surface area contributed by atoms with Gasteiger partial charge in [0.15, 0.2) is 0 Å². The summed E-state index contributed by atoms with van der Waals surface area (Å²) >= 11 is 1.35. The fourth-order valence-electron chi connectivity index (χ4n) is 1.47. The second-order valence-corrected chi connectivity index (χ2v) is 4.83. The number of tetrazole rings is 1. The Balaban J connectivity index is 1.87. The first-order valence-corrected chi connectivity index (χ1v) is 6.22. The van der Waals surface area contributed by atoms with Crippen molar-refractivity contribution >= 4 is 17.7 Å². The molecular formula is C9H11N7OS. The highest BCUT2D eigenvalue weighted by atomic mass is 32.2. The fraction of sp³-hybridized carbons (Fsp3) is 0.444. The molecule has 1 saturated carbocycles. The van der Waals surface area contributed by atoms with Crippen LogP contribution >= 0.6 is 11.8 Å². The molecule has 18 heavy (non-hydrogen) atoms. The molecule has 3 rings (SSSR count). The summed E-state index contributed by atoms with van der Waals surface area (Å²) < 4.78 is 6.86. The van der Waals surface area contributed by atoms with Crippen molar-refractivity contribution in [2.24, 2.45) is 0 Å². The Kier molecular flexibility index (Phi) is 2.74. The fourth-order valence-corrected chi connectivity index (χ4v) is 2.31. The second kappa shape index (κ2) is 4.41. The van der Waals surface area contributed by atoms with Gasteiger partial charge < -0.3 is 10.5 Å². The lowest BCUT2D eigenvalue weighted by Gasteiger charge is -2.04. The van der Waals surface area contributed by atoms with Crippen LogP contribution in [0.3, 0.4) is 0 Å². The summed E-state index contributed by atoms with van der Waals surface area (Å²) in [6.45, 7) is 0. The third-order valence-electron chi connectivity index (χ3n) is 2.46. The zero-order valence-electron chi connectivity index (χ0n) is 9.65. The molecule has 0 amide bonds. The van der Waals surface area contributed by atoms with Crippen LogP contribution in [0.4, 0.5) is 5.95 Å². The van der Waals surface area contributed by atoms with Gasteiger partial charge in [0, 0.05) is 6.07 Å². The smallest absolute Gasteiger partial charge is 0.224 e. The molecular weight excluding hydrogens is 254 g/mol. The molecule has 8 nitrogen and oxygen atoms in total. The molecule has 0 spiro atoms. The normalized spacial score (nSPS) is 14.7. The van der Waals surface area contributed by atoms with Gasteiger partial charge in [0.1, 0.15) is 5.03 Å². The maximum atomic E-state index is 5.60. The first-order valence-electron chi connectivity index (χ1n) is 5.40. The van der Waals surface area contributed by atoms with Gasteiger partial charge in [-0.15, -0.1) is 5.10 Å².